The molecule has 6 heteroatoms. The molecule has 0 aliphatic carbocycles. The van der Waals surface area contributed by atoms with E-state index in [4.69, 9.17) is 4.74 Å². The molecule has 0 aromatic heterocycles. The Morgan fingerprint density at radius 3 is 2.83 bits per heavy atom. The molecule has 0 aromatic rings. The zero-order valence-electron chi connectivity index (χ0n) is 11.2. The van der Waals surface area contributed by atoms with Crippen molar-refractivity contribution in [3.63, 3.8) is 0 Å². The molecule has 1 atom stereocenters. The first-order chi connectivity index (χ1) is 8.67. The lowest BCUT2D eigenvalue weighted by Gasteiger charge is -2.27. The summed E-state index contributed by atoms with van der Waals surface area (Å²) in [7, 11) is 1.58. The monoisotopic (exact) mass is 257 g/mol. The largest absolute Gasteiger partial charge is 0.378 e. The molecule has 6 nitrogen and oxygen atoms in total. The zero-order chi connectivity index (χ0) is 13.4. The Labute approximate surface area is 108 Å². The van der Waals surface area contributed by atoms with Crippen molar-refractivity contribution in [2.75, 3.05) is 39.9 Å². The number of carbonyl (C=O) groups is 2. The van der Waals surface area contributed by atoms with E-state index in [-0.39, 0.29) is 24.4 Å². The summed E-state index contributed by atoms with van der Waals surface area (Å²) in [5.41, 5.74) is 0. The van der Waals surface area contributed by atoms with Crippen molar-refractivity contribution in [1.29, 1.82) is 0 Å². The van der Waals surface area contributed by atoms with E-state index < -0.39 is 0 Å². The van der Waals surface area contributed by atoms with E-state index in [9.17, 15) is 9.59 Å². The lowest BCUT2D eigenvalue weighted by molar-refractivity contribution is -0.136. The van der Waals surface area contributed by atoms with E-state index in [2.05, 4.69) is 10.6 Å². The van der Waals surface area contributed by atoms with E-state index in [0.717, 1.165) is 13.0 Å². The summed E-state index contributed by atoms with van der Waals surface area (Å²) in [4.78, 5) is 25.1. The van der Waals surface area contributed by atoms with Crippen LogP contribution in [0.2, 0.25) is 0 Å². The molecule has 1 aliphatic rings. The fourth-order valence-corrected chi connectivity index (χ4v) is 1.90. The summed E-state index contributed by atoms with van der Waals surface area (Å²) in [5, 5.41) is 5.78. The lowest BCUT2D eigenvalue weighted by atomic mass is 10.1. The number of amides is 2. The molecule has 0 bridgehead atoms. The van der Waals surface area contributed by atoms with Gasteiger partial charge in [-0.25, -0.2) is 0 Å². The molecule has 1 unspecified atom stereocenters. The number of ether oxygens (including phenoxy) is 1. The minimum absolute atomic E-state index is 0.00319. The Morgan fingerprint density at radius 2 is 2.28 bits per heavy atom. The average Bonchev–Trinajstić information content (AvgIpc) is 2.39. The van der Waals surface area contributed by atoms with Crippen LogP contribution in [0.15, 0.2) is 0 Å². The minimum Gasteiger partial charge on any atom is -0.378 e. The fourth-order valence-electron chi connectivity index (χ4n) is 1.90. The zero-order valence-corrected chi connectivity index (χ0v) is 11.2. The second-order valence-corrected chi connectivity index (χ2v) is 4.42. The van der Waals surface area contributed by atoms with Crippen molar-refractivity contribution in [3.05, 3.63) is 0 Å². The number of nitrogens with zero attached hydrogens (tertiary/aromatic N) is 1. The van der Waals surface area contributed by atoms with Crippen LogP contribution in [0.25, 0.3) is 0 Å². The summed E-state index contributed by atoms with van der Waals surface area (Å²) in [5.74, 6) is -0.131. The molecule has 0 spiro atoms. The molecule has 1 heterocycles. The van der Waals surface area contributed by atoms with Gasteiger partial charge >= 0.3 is 0 Å². The van der Waals surface area contributed by atoms with Gasteiger partial charge in [-0.2, -0.15) is 0 Å². The second kappa shape index (κ2) is 8.05. The molecule has 2 N–H and O–H groups in total. The molecule has 18 heavy (non-hydrogen) atoms. The smallest absolute Gasteiger partial charge is 0.239 e. The number of hydrogen-bond acceptors (Lipinski definition) is 4. The maximum Gasteiger partial charge on any atom is 0.239 e. The van der Waals surface area contributed by atoms with Gasteiger partial charge in [-0.05, 0) is 6.42 Å². The van der Waals surface area contributed by atoms with Gasteiger partial charge in [-0.15, -0.1) is 0 Å². The van der Waals surface area contributed by atoms with E-state index in [1.165, 1.54) is 0 Å². The highest BCUT2D eigenvalue weighted by Gasteiger charge is 2.21. The van der Waals surface area contributed by atoms with Crippen molar-refractivity contribution in [1.82, 2.24) is 15.5 Å². The highest BCUT2D eigenvalue weighted by molar-refractivity contribution is 5.84. The molecule has 0 aromatic carbocycles. The number of rotatable bonds is 6. The summed E-state index contributed by atoms with van der Waals surface area (Å²) in [6.07, 6.45) is 1.23. The third kappa shape index (κ3) is 5.01. The molecule has 0 saturated carbocycles. The van der Waals surface area contributed by atoms with Crippen LogP contribution in [0, 0.1) is 0 Å². The van der Waals surface area contributed by atoms with Gasteiger partial charge < -0.3 is 20.3 Å². The predicted octanol–water partition coefficient (Wildman–Crippen LogP) is -0.650. The third-order valence-electron chi connectivity index (χ3n) is 2.88. The van der Waals surface area contributed by atoms with Crippen molar-refractivity contribution >= 4 is 11.8 Å². The van der Waals surface area contributed by atoms with Crippen molar-refractivity contribution < 1.29 is 14.3 Å². The molecule has 1 saturated heterocycles. The average molecular weight is 257 g/mol. The third-order valence-corrected chi connectivity index (χ3v) is 2.88. The van der Waals surface area contributed by atoms with Gasteiger partial charge in [0, 0.05) is 32.6 Å². The van der Waals surface area contributed by atoms with E-state index in [0.29, 0.717) is 26.2 Å². The molecular formula is C12H23N3O3. The first-order valence-corrected chi connectivity index (χ1v) is 6.46. The fraction of sp³-hybridized carbons (Fsp3) is 0.833. The van der Waals surface area contributed by atoms with E-state index in [1.54, 1.807) is 11.9 Å². The standard InChI is InChI=1S/C12H23N3O3/c1-3-5-15(8-11(16)13-2)12(17)7-10-9-18-6-4-14-10/h10,14H,3-9H2,1-2H3,(H,13,16). The van der Waals surface area contributed by atoms with Gasteiger partial charge in [-0.3, -0.25) is 9.59 Å². The summed E-state index contributed by atoms with van der Waals surface area (Å²) in [6, 6.07) is 0.0651. The normalized spacial score (nSPS) is 19.3. The van der Waals surface area contributed by atoms with Crippen molar-refractivity contribution in [2.45, 2.75) is 25.8 Å². The van der Waals surface area contributed by atoms with Gasteiger partial charge in [0.1, 0.15) is 0 Å². The van der Waals surface area contributed by atoms with Crippen LogP contribution in [0.4, 0.5) is 0 Å². The molecular weight excluding hydrogens is 234 g/mol. The first kappa shape index (κ1) is 14.9. The maximum atomic E-state index is 12.1. The van der Waals surface area contributed by atoms with Crippen molar-refractivity contribution in [3.8, 4) is 0 Å². The Bertz CT molecular complexity index is 278. The van der Waals surface area contributed by atoms with Crippen LogP contribution in [0.3, 0.4) is 0 Å². The molecule has 1 aliphatic heterocycles. The van der Waals surface area contributed by atoms with Crippen LogP contribution < -0.4 is 10.6 Å². The second-order valence-electron chi connectivity index (χ2n) is 4.42. The molecule has 2 amide bonds. The number of hydrogen-bond donors (Lipinski definition) is 2. The lowest BCUT2D eigenvalue weighted by Crippen LogP contribution is -2.47. The van der Waals surface area contributed by atoms with Crippen LogP contribution in [0.5, 0.6) is 0 Å². The van der Waals surface area contributed by atoms with Crippen molar-refractivity contribution in [2.24, 2.45) is 0 Å². The number of nitrogens with one attached hydrogen (secondary N) is 2. The molecule has 104 valence electrons. The summed E-state index contributed by atoms with van der Waals surface area (Å²) in [6.45, 7) is 4.77. The predicted molar refractivity (Wildman–Crippen MR) is 68.2 cm³/mol. The Hall–Kier alpha value is -1.14. The van der Waals surface area contributed by atoms with Crippen LogP contribution >= 0.6 is 0 Å². The number of likely N-dealkylation sites (N-methyl/N-ethyl adjacent to an activating group) is 1. The van der Waals surface area contributed by atoms with Crippen LogP contribution in [-0.4, -0.2) is 62.7 Å². The van der Waals surface area contributed by atoms with Gasteiger partial charge in [0.2, 0.25) is 11.8 Å². The Balaban J connectivity index is 2.44. The highest BCUT2D eigenvalue weighted by Crippen LogP contribution is 2.03. The summed E-state index contributed by atoms with van der Waals surface area (Å²) >= 11 is 0. The molecule has 0 radical (unpaired) electrons. The first-order valence-electron chi connectivity index (χ1n) is 6.46. The Morgan fingerprint density at radius 1 is 1.50 bits per heavy atom. The topological polar surface area (TPSA) is 70.7 Å². The van der Waals surface area contributed by atoms with E-state index >= 15 is 0 Å². The quantitative estimate of drug-likeness (QED) is 0.663. The minimum atomic E-state index is -0.135. The highest BCUT2D eigenvalue weighted by atomic mass is 16.5. The van der Waals surface area contributed by atoms with E-state index in [1.807, 2.05) is 6.92 Å². The van der Waals surface area contributed by atoms with Gasteiger partial charge in [0.05, 0.1) is 19.8 Å². The summed E-state index contributed by atoms with van der Waals surface area (Å²) < 4.78 is 5.31. The van der Waals surface area contributed by atoms with Crippen LogP contribution in [0.1, 0.15) is 19.8 Å². The maximum absolute atomic E-state index is 12.1. The SMILES string of the molecule is CCCN(CC(=O)NC)C(=O)CC1COCCN1. The van der Waals surface area contributed by atoms with Gasteiger partial charge in [0.15, 0.2) is 0 Å². The number of morpholine rings is 1. The van der Waals surface area contributed by atoms with Gasteiger partial charge in [-0.1, -0.05) is 6.92 Å². The molecule has 1 fully saturated rings. The molecule has 1 rings (SSSR count). The van der Waals surface area contributed by atoms with Gasteiger partial charge in [0.25, 0.3) is 0 Å². The van der Waals surface area contributed by atoms with Crippen LogP contribution in [-0.2, 0) is 14.3 Å². The number of carbonyl (C=O) groups excluding carboxylic acids is 2. The Kier molecular flexibility index (Phi) is 6.67.